The standard InChI is InChI=1S/C22H29N3S.2C6H3N3O7/c1-5-24(6-2)15-16-25-21-10-8-7-9-20(21)23-22(25)26-19-13-11-18(12-14-19)17(3)4;2*10-6-4(8(13)14)1-3(7(11)12)2-5(6)9(15)16/h7-14,17H,5-6,15-16H2,1-4H3;2*1-2,10H. The zero-order valence-electron chi connectivity index (χ0n) is 31.1. The van der Waals surface area contributed by atoms with Gasteiger partial charge in [0.05, 0.1) is 64.8 Å². The van der Waals surface area contributed by atoms with E-state index in [-0.39, 0.29) is 0 Å². The highest BCUT2D eigenvalue weighted by Gasteiger charge is 2.31. The lowest BCUT2D eigenvalue weighted by Crippen LogP contribution is -2.27. The molecule has 58 heavy (non-hydrogen) atoms. The summed E-state index contributed by atoms with van der Waals surface area (Å²) >= 11 is 1.76. The number of non-ortho nitro benzene ring substituents is 2. The lowest BCUT2D eigenvalue weighted by molar-refractivity contribution is -0.404. The smallest absolute Gasteiger partial charge is 0.324 e. The van der Waals surface area contributed by atoms with Crippen molar-refractivity contribution in [3.05, 3.63) is 139 Å². The topological polar surface area (TPSA) is 320 Å². The summed E-state index contributed by atoms with van der Waals surface area (Å²) in [7, 11) is 0. The first-order valence-corrected chi connectivity index (χ1v) is 17.7. The maximum atomic E-state index is 10.4. The van der Waals surface area contributed by atoms with Crippen LogP contribution < -0.4 is 0 Å². The number of nitro benzene ring substituents is 6. The van der Waals surface area contributed by atoms with Gasteiger partial charge in [0.15, 0.2) is 5.16 Å². The molecular weight excluding hydrogens is 790 g/mol. The zero-order valence-corrected chi connectivity index (χ0v) is 31.9. The van der Waals surface area contributed by atoms with Gasteiger partial charge in [-0.3, -0.25) is 60.7 Å². The maximum Gasteiger partial charge on any atom is 0.324 e. The van der Waals surface area contributed by atoms with Gasteiger partial charge < -0.3 is 19.7 Å². The Morgan fingerprint density at radius 2 is 1.07 bits per heavy atom. The summed E-state index contributed by atoms with van der Waals surface area (Å²) < 4.78 is 2.37. The minimum absolute atomic E-state index is 0.447. The first-order valence-electron chi connectivity index (χ1n) is 16.9. The van der Waals surface area contributed by atoms with Crippen molar-refractivity contribution in [3.63, 3.8) is 0 Å². The highest BCUT2D eigenvalue weighted by atomic mass is 32.2. The lowest BCUT2D eigenvalue weighted by Gasteiger charge is -2.19. The second-order valence-corrected chi connectivity index (χ2v) is 13.1. The van der Waals surface area contributed by atoms with Gasteiger partial charge in [-0.2, -0.15) is 0 Å². The van der Waals surface area contributed by atoms with Crippen LogP contribution in [0.3, 0.4) is 0 Å². The van der Waals surface area contributed by atoms with Gasteiger partial charge in [0.25, 0.3) is 22.9 Å². The molecular formula is C34H35N9O14S. The number of imidazole rings is 1. The molecule has 306 valence electrons. The number of aromatic nitrogens is 2. The Bertz CT molecular complexity index is 2190. The number of fused-ring (bicyclic) bond motifs is 1. The van der Waals surface area contributed by atoms with Crippen LogP contribution in [0.4, 0.5) is 34.1 Å². The third-order valence-electron chi connectivity index (χ3n) is 8.23. The summed E-state index contributed by atoms with van der Waals surface area (Å²) in [4.78, 5) is 64.1. The van der Waals surface area contributed by atoms with E-state index in [0.717, 1.165) is 36.9 Å². The first-order chi connectivity index (χ1) is 27.3. The van der Waals surface area contributed by atoms with E-state index in [0.29, 0.717) is 30.2 Å². The van der Waals surface area contributed by atoms with Gasteiger partial charge in [-0.15, -0.1) is 0 Å². The predicted molar refractivity (Wildman–Crippen MR) is 208 cm³/mol. The number of phenols is 2. The fourth-order valence-electron chi connectivity index (χ4n) is 5.10. The zero-order chi connectivity index (χ0) is 43.4. The van der Waals surface area contributed by atoms with E-state index < -0.39 is 75.2 Å². The minimum atomic E-state index is -1.21. The Labute approximate surface area is 331 Å². The number of para-hydroxylation sites is 2. The van der Waals surface area contributed by atoms with Crippen molar-refractivity contribution in [1.82, 2.24) is 14.5 Å². The molecule has 0 aliphatic carbocycles. The molecule has 1 heterocycles. The number of likely N-dealkylation sites (N-methyl/N-ethyl adjacent to an activating group) is 1. The van der Waals surface area contributed by atoms with E-state index in [9.17, 15) is 60.7 Å². The van der Waals surface area contributed by atoms with Crippen LogP contribution in [0.15, 0.2) is 82.8 Å². The number of benzene rings is 4. The van der Waals surface area contributed by atoms with Gasteiger partial charge in [0.1, 0.15) is 0 Å². The van der Waals surface area contributed by atoms with Gasteiger partial charge in [0.2, 0.25) is 0 Å². The molecule has 2 N–H and O–H groups in total. The summed E-state index contributed by atoms with van der Waals surface area (Å²) in [5, 5.41) is 81.5. The van der Waals surface area contributed by atoms with E-state index in [1.54, 1.807) is 11.8 Å². The Kier molecular flexibility index (Phi) is 15.5. The molecule has 0 saturated heterocycles. The number of nitro groups is 6. The van der Waals surface area contributed by atoms with E-state index in [2.05, 4.69) is 85.7 Å². The summed E-state index contributed by atoms with van der Waals surface area (Å²) in [6.07, 6.45) is 0. The van der Waals surface area contributed by atoms with Gasteiger partial charge >= 0.3 is 22.7 Å². The number of nitrogens with zero attached hydrogens (tertiary/aromatic N) is 9. The number of hydrogen-bond acceptors (Lipinski definition) is 17. The molecule has 1 aromatic heterocycles. The first kappa shape index (κ1) is 45.1. The molecule has 0 aliphatic heterocycles. The van der Waals surface area contributed by atoms with E-state index in [1.165, 1.54) is 16.0 Å². The third-order valence-corrected chi connectivity index (χ3v) is 9.23. The quantitative estimate of drug-likeness (QED) is 0.0793. The third kappa shape index (κ3) is 11.4. The summed E-state index contributed by atoms with van der Waals surface area (Å²) in [5.41, 5.74) is -2.32. The average Bonchev–Trinajstić information content (AvgIpc) is 3.51. The van der Waals surface area contributed by atoms with Crippen molar-refractivity contribution in [2.45, 2.75) is 50.2 Å². The van der Waals surface area contributed by atoms with Gasteiger partial charge in [-0.1, -0.05) is 63.7 Å². The number of rotatable bonds is 14. The molecule has 0 bridgehead atoms. The highest BCUT2D eigenvalue weighted by Crippen LogP contribution is 2.40. The molecule has 5 aromatic rings. The molecule has 0 unspecified atom stereocenters. The van der Waals surface area contributed by atoms with Crippen LogP contribution in [0.25, 0.3) is 11.0 Å². The molecule has 0 atom stereocenters. The van der Waals surface area contributed by atoms with Crippen LogP contribution in [0.2, 0.25) is 0 Å². The van der Waals surface area contributed by atoms with Crippen molar-refractivity contribution in [2.75, 3.05) is 19.6 Å². The average molecular weight is 826 g/mol. The summed E-state index contributed by atoms with van der Waals surface area (Å²) in [5.74, 6) is -1.85. The Morgan fingerprint density at radius 1 is 0.655 bits per heavy atom. The number of hydrogen-bond donors (Lipinski definition) is 2. The molecule has 5 rings (SSSR count). The Hall–Kier alpha value is -7.34. The molecule has 0 aliphatic rings. The maximum absolute atomic E-state index is 10.4. The van der Waals surface area contributed by atoms with Crippen LogP contribution in [-0.4, -0.2) is 73.8 Å². The van der Waals surface area contributed by atoms with Crippen LogP contribution in [0, 0.1) is 60.7 Å². The van der Waals surface area contributed by atoms with Gasteiger partial charge in [0, 0.05) is 18.0 Å². The fourth-order valence-corrected chi connectivity index (χ4v) is 6.03. The van der Waals surface area contributed by atoms with Crippen LogP contribution in [-0.2, 0) is 6.54 Å². The monoisotopic (exact) mass is 825 g/mol. The number of aromatic hydroxyl groups is 2. The van der Waals surface area contributed by atoms with E-state index in [4.69, 9.17) is 15.2 Å². The minimum Gasteiger partial charge on any atom is -0.497 e. The number of phenolic OH excluding ortho intramolecular Hbond substituents is 2. The van der Waals surface area contributed by atoms with Crippen LogP contribution in [0.1, 0.15) is 39.2 Å². The van der Waals surface area contributed by atoms with Gasteiger partial charge in [-0.05, 0) is 48.8 Å². The Balaban J connectivity index is 0.000000246. The normalized spacial score (nSPS) is 10.7. The molecule has 0 saturated carbocycles. The summed E-state index contributed by atoms with van der Waals surface area (Å²) in [6.45, 7) is 13.1. The predicted octanol–water partition coefficient (Wildman–Crippen LogP) is 7.89. The molecule has 23 nitrogen and oxygen atoms in total. The highest BCUT2D eigenvalue weighted by molar-refractivity contribution is 7.99. The molecule has 0 fully saturated rings. The van der Waals surface area contributed by atoms with Gasteiger partial charge in [-0.25, -0.2) is 4.98 Å². The second kappa shape index (κ2) is 20.0. The molecule has 24 heteroatoms. The van der Waals surface area contributed by atoms with Crippen molar-refractivity contribution < 1.29 is 39.8 Å². The van der Waals surface area contributed by atoms with Crippen LogP contribution >= 0.6 is 11.8 Å². The van der Waals surface area contributed by atoms with E-state index in [1.807, 2.05) is 0 Å². The molecule has 0 spiro atoms. The van der Waals surface area contributed by atoms with Crippen LogP contribution in [0.5, 0.6) is 11.5 Å². The van der Waals surface area contributed by atoms with E-state index >= 15 is 0 Å². The second-order valence-electron chi connectivity index (χ2n) is 12.1. The Morgan fingerprint density at radius 3 is 1.43 bits per heavy atom. The molecule has 4 aromatic carbocycles. The fraction of sp³-hybridized carbons (Fsp3) is 0.265. The molecule has 0 radical (unpaired) electrons. The van der Waals surface area contributed by atoms with Crippen molar-refractivity contribution in [1.29, 1.82) is 0 Å². The summed E-state index contributed by atoms with van der Waals surface area (Å²) in [6, 6.07) is 19.1. The van der Waals surface area contributed by atoms with Crippen molar-refractivity contribution >= 4 is 56.9 Å². The van der Waals surface area contributed by atoms with Crippen molar-refractivity contribution in [3.8, 4) is 11.5 Å². The van der Waals surface area contributed by atoms with Crippen molar-refractivity contribution in [2.24, 2.45) is 0 Å². The largest absolute Gasteiger partial charge is 0.497 e. The molecule has 0 amide bonds. The SMILES string of the molecule is CCN(CC)CCn1c(Sc2ccc(C(C)C)cc2)nc2ccccc21.O=[N+]([O-])c1cc([N+](=O)[O-])c(O)c([N+](=O)[O-])c1.O=[N+]([O-])c1cc([N+](=O)[O-])c(O)c([N+](=O)[O-])c1. The lowest BCUT2D eigenvalue weighted by atomic mass is 10.0.